The molecule has 1 N–H and O–H groups in total. The number of rotatable bonds is 5. The van der Waals surface area contributed by atoms with Gasteiger partial charge in [-0.3, -0.25) is 4.90 Å². The minimum atomic E-state index is -3.52. The third-order valence-corrected chi connectivity index (χ3v) is 8.08. The number of ether oxygens (including phenoxy) is 3. The molecule has 1 aromatic rings. The first kappa shape index (κ1) is 28.9. The van der Waals surface area contributed by atoms with Crippen LogP contribution in [-0.4, -0.2) is 100 Å². The van der Waals surface area contributed by atoms with Crippen molar-refractivity contribution < 1.29 is 36.2 Å². The molecule has 4 aliphatic rings. The SMILES string of the molecule is CN(C)C[C@@H]1C[C@H](NS(C)(=O)=O)C2COC3CCC(CC3)c3cc(C(F)F)cc(n3)OCCCOC(=O)N21. The van der Waals surface area contributed by atoms with E-state index in [1.807, 2.05) is 19.0 Å². The molecule has 1 aliphatic carbocycles. The van der Waals surface area contributed by atoms with Gasteiger partial charge >= 0.3 is 6.09 Å². The van der Waals surface area contributed by atoms with E-state index >= 15 is 0 Å². The summed E-state index contributed by atoms with van der Waals surface area (Å²) in [5.41, 5.74) is 0.475. The van der Waals surface area contributed by atoms with Crippen LogP contribution in [0.4, 0.5) is 13.6 Å². The maximum absolute atomic E-state index is 13.5. The summed E-state index contributed by atoms with van der Waals surface area (Å²) in [4.78, 5) is 21.4. The molecule has 38 heavy (non-hydrogen) atoms. The molecular weight excluding hydrogens is 522 g/mol. The number of carbonyl (C=O) groups is 1. The van der Waals surface area contributed by atoms with Crippen molar-refractivity contribution >= 4 is 16.1 Å². The highest BCUT2D eigenvalue weighted by Gasteiger charge is 2.46. The van der Waals surface area contributed by atoms with Crippen molar-refractivity contribution in [3.8, 4) is 5.88 Å². The Hall–Kier alpha value is -2.09. The lowest BCUT2D eigenvalue weighted by Gasteiger charge is -2.34. The first-order valence-corrected chi connectivity index (χ1v) is 15.0. The highest BCUT2D eigenvalue weighted by molar-refractivity contribution is 7.88. The van der Waals surface area contributed by atoms with Crippen LogP contribution in [0.1, 0.15) is 62.1 Å². The number of nitrogens with one attached hydrogen (secondary N) is 1. The van der Waals surface area contributed by atoms with E-state index < -0.39 is 34.6 Å². The van der Waals surface area contributed by atoms with Crippen LogP contribution in [-0.2, 0) is 19.5 Å². The van der Waals surface area contributed by atoms with Crippen LogP contribution in [0.2, 0.25) is 0 Å². The van der Waals surface area contributed by atoms with E-state index in [4.69, 9.17) is 14.2 Å². The second-order valence-corrected chi connectivity index (χ2v) is 12.5. The molecule has 4 heterocycles. The fraction of sp³-hybridized carbons (Fsp3) is 0.760. The third kappa shape index (κ3) is 7.51. The van der Waals surface area contributed by atoms with Crippen molar-refractivity contribution in [1.29, 1.82) is 0 Å². The molecule has 4 bridgehead atoms. The largest absolute Gasteiger partial charge is 0.478 e. The average molecular weight is 561 g/mol. The van der Waals surface area contributed by atoms with Crippen LogP contribution < -0.4 is 9.46 Å². The van der Waals surface area contributed by atoms with Gasteiger partial charge in [-0.1, -0.05) is 0 Å². The highest BCUT2D eigenvalue weighted by atomic mass is 32.2. The van der Waals surface area contributed by atoms with Gasteiger partial charge in [-0.15, -0.1) is 0 Å². The molecule has 1 amide bonds. The minimum Gasteiger partial charge on any atom is -0.478 e. The van der Waals surface area contributed by atoms with Crippen LogP contribution in [0.25, 0.3) is 0 Å². The van der Waals surface area contributed by atoms with Crippen molar-refractivity contribution in [2.24, 2.45) is 0 Å². The van der Waals surface area contributed by atoms with Gasteiger partial charge in [-0.25, -0.2) is 31.7 Å². The number of pyridine rings is 1. The number of nitrogens with zero attached hydrogens (tertiary/aromatic N) is 3. The van der Waals surface area contributed by atoms with E-state index in [0.29, 0.717) is 50.8 Å². The van der Waals surface area contributed by atoms with Crippen molar-refractivity contribution in [3.05, 3.63) is 23.4 Å². The fourth-order valence-electron chi connectivity index (χ4n) is 5.68. The van der Waals surface area contributed by atoms with Gasteiger partial charge < -0.3 is 19.1 Å². The van der Waals surface area contributed by atoms with Crippen LogP contribution >= 0.6 is 0 Å². The Labute approximate surface area is 223 Å². The maximum atomic E-state index is 13.5. The van der Waals surface area contributed by atoms with E-state index in [0.717, 1.165) is 6.26 Å². The van der Waals surface area contributed by atoms with Crippen LogP contribution in [0.5, 0.6) is 5.88 Å². The second-order valence-electron chi connectivity index (χ2n) is 10.7. The lowest BCUT2D eigenvalue weighted by molar-refractivity contribution is -0.0124. The number of hydrogen-bond donors (Lipinski definition) is 1. The zero-order valence-electron chi connectivity index (χ0n) is 22.1. The Bertz CT molecular complexity index is 1070. The Kier molecular flexibility index (Phi) is 9.43. The Morgan fingerprint density at radius 2 is 1.87 bits per heavy atom. The lowest BCUT2D eigenvalue weighted by Crippen LogP contribution is -2.52. The zero-order chi connectivity index (χ0) is 27.4. The molecule has 214 valence electrons. The standard InChI is InChI=1S/C25H38F2N4O6S/c1-30(2)14-18-13-21(29-38(3,33)34)22-15-37-19-7-5-16(6-8-19)20-11-17(24(26)27)12-23(28-20)35-9-4-10-36-25(32)31(18)22/h11-12,16,18-19,21-22,24,29H,4-10,13-15H2,1-3H3/t16?,18-,19?,21-,22?/m0/s1. The van der Waals surface area contributed by atoms with Gasteiger partial charge in [-0.05, 0) is 52.3 Å². The summed E-state index contributed by atoms with van der Waals surface area (Å²) in [5, 5.41) is 0. The molecule has 1 saturated carbocycles. The molecule has 3 atom stereocenters. The predicted molar refractivity (Wildman–Crippen MR) is 136 cm³/mol. The number of alkyl halides is 2. The summed E-state index contributed by atoms with van der Waals surface area (Å²) in [6, 6.07) is 1.42. The maximum Gasteiger partial charge on any atom is 0.410 e. The van der Waals surface area contributed by atoms with Crippen molar-refractivity contribution in [3.63, 3.8) is 0 Å². The van der Waals surface area contributed by atoms with Gasteiger partial charge in [0.25, 0.3) is 6.43 Å². The number of fused-ring (bicyclic) bond motifs is 8. The lowest BCUT2D eigenvalue weighted by atomic mass is 9.84. The number of halogens is 2. The molecule has 10 nitrogen and oxygen atoms in total. The third-order valence-electron chi connectivity index (χ3n) is 7.35. The summed E-state index contributed by atoms with van der Waals surface area (Å²) < 4.78 is 71.6. The molecule has 0 spiro atoms. The van der Waals surface area contributed by atoms with E-state index in [-0.39, 0.29) is 49.3 Å². The number of aromatic nitrogens is 1. The second kappa shape index (κ2) is 12.4. The van der Waals surface area contributed by atoms with Gasteiger partial charge in [-0.2, -0.15) is 0 Å². The van der Waals surface area contributed by atoms with Gasteiger partial charge in [0.2, 0.25) is 15.9 Å². The predicted octanol–water partition coefficient (Wildman–Crippen LogP) is 2.90. The fourth-order valence-corrected chi connectivity index (χ4v) is 6.48. The highest BCUT2D eigenvalue weighted by Crippen LogP contribution is 2.36. The summed E-state index contributed by atoms with van der Waals surface area (Å²) in [5.74, 6) is 0.163. The topological polar surface area (TPSA) is 110 Å². The Morgan fingerprint density at radius 3 is 2.53 bits per heavy atom. The average Bonchev–Trinajstić information content (AvgIpc) is 3.16. The molecule has 0 aromatic carbocycles. The molecule has 2 fully saturated rings. The number of likely N-dealkylation sites (N-methyl/N-ethyl adjacent to an activating group) is 1. The smallest absolute Gasteiger partial charge is 0.410 e. The van der Waals surface area contributed by atoms with Crippen LogP contribution in [0.3, 0.4) is 0 Å². The first-order valence-electron chi connectivity index (χ1n) is 13.1. The molecule has 3 aliphatic heterocycles. The van der Waals surface area contributed by atoms with Crippen LogP contribution in [0.15, 0.2) is 12.1 Å². The van der Waals surface area contributed by atoms with E-state index in [1.54, 1.807) is 4.90 Å². The summed E-state index contributed by atoms with van der Waals surface area (Å²) in [6.45, 7) is 0.892. The van der Waals surface area contributed by atoms with Gasteiger partial charge in [0, 0.05) is 48.3 Å². The van der Waals surface area contributed by atoms with Gasteiger partial charge in [0.15, 0.2) is 0 Å². The molecular formula is C25H38F2N4O6S. The molecule has 5 rings (SSSR count). The van der Waals surface area contributed by atoms with Crippen LogP contribution in [0, 0.1) is 0 Å². The number of amides is 1. The van der Waals surface area contributed by atoms with Gasteiger partial charge in [0.05, 0.1) is 38.2 Å². The quantitative estimate of drug-likeness (QED) is 0.586. The number of carbonyl (C=O) groups excluding carboxylic acids is 1. The summed E-state index contributed by atoms with van der Waals surface area (Å²) in [7, 11) is 0.266. The van der Waals surface area contributed by atoms with Crippen molar-refractivity contribution in [2.45, 2.75) is 75.1 Å². The normalized spacial score (nSPS) is 29.2. The Balaban J connectivity index is 1.57. The summed E-state index contributed by atoms with van der Waals surface area (Å²) >= 11 is 0. The molecule has 0 radical (unpaired) electrons. The monoisotopic (exact) mass is 560 g/mol. The number of hydrogen-bond acceptors (Lipinski definition) is 8. The molecule has 1 unspecified atom stereocenters. The number of sulfonamides is 1. The van der Waals surface area contributed by atoms with E-state index in [9.17, 15) is 22.0 Å². The van der Waals surface area contributed by atoms with Crippen molar-refractivity contribution in [2.75, 3.05) is 46.7 Å². The Morgan fingerprint density at radius 1 is 1.16 bits per heavy atom. The summed E-state index contributed by atoms with van der Waals surface area (Å²) in [6.07, 6.45) is 1.44. The first-order chi connectivity index (χ1) is 18.0. The van der Waals surface area contributed by atoms with Crippen molar-refractivity contribution in [1.82, 2.24) is 19.5 Å². The molecule has 1 aromatic heterocycles. The van der Waals surface area contributed by atoms with E-state index in [2.05, 4.69) is 9.71 Å². The zero-order valence-corrected chi connectivity index (χ0v) is 23.0. The minimum absolute atomic E-state index is 0.0172. The molecule has 1 saturated heterocycles. The van der Waals surface area contributed by atoms with E-state index in [1.165, 1.54) is 12.1 Å². The molecule has 13 heteroatoms. The van der Waals surface area contributed by atoms with Gasteiger partial charge in [0.1, 0.15) is 0 Å².